The number of anilines is 4. The summed E-state index contributed by atoms with van der Waals surface area (Å²) in [6.45, 7) is 30.5. The van der Waals surface area contributed by atoms with E-state index in [4.69, 9.17) is 0 Å². The molecular weight excluding hydrogens is 905 g/mol. The van der Waals surface area contributed by atoms with Crippen LogP contribution in [0.2, 0.25) is 0 Å². The molecule has 2 heterocycles. The van der Waals surface area contributed by atoms with Gasteiger partial charge in [-0.05, 0) is 189 Å². The lowest BCUT2D eigenvalue weighted by molar-refractivity contribution is -0.0239. The van der Waals surface area contributed by atoms with E-state index in [1.807, 2.05) is 0 Å². The summed E-state index contributed by atoms with van der Waals surface area (Å²) in [6.07, 6.45) is 4.56. The van der Waals surface area contributed by atoms with Crippen molar-refractivity contribution >= 4 is 22.7 Å². The Bertz CT molecular complexity index is 3330. The summed E-state index contributed by atoms with van der Waals surface area (Å²) in [6, 6.07) is 74.9. The highest BCUT2D eigenvalue weighted by Gasteiger charge is 2.69. The Balaban J connectivity index is 0.997. The number of para-hydroxylation sites is 2. The Hall–Kier alpha value is -6.64. The standard InChI is InChI=1S/C73H76N2/c1-65(2)45-67(5,6)71(11)61-43-51(35-39-63(61)74(69(71,9)47-65)55-29-21-15-22-30-55)49-33-37-57-58-38-34-50(42-60(58)73(59(57)41-49,53-25-17-13-18-26-53)54-27-19-14-20-28-54)52-36-40-64-62(44-52)72(12)68(7,8)46-66(3,4)48-70(72,10)75(64)56-31-23-16-24-32-56/h13-44H,45-48H2,1-12H3. The van der Waals surface area contributed by atoms with Gasteiger partial charge in [-0.15, -0.1) is 0 Å². The molecule has 75 heavy (non-hydrogen) atoms. The first-order valence-corrected chi connectivity index (χ1v) is 28.0. The Labute approximate surface area is 448 Å². The first-order chi connectivity index (χ1) is 35.6. The molecule has 2 nitrogen and oxygen atoms in total. The van der Waals surface area contributed by atoms with Crippen LogP contribution in [0.4, 0.5) is 22.7 Å². The van der Waals surface area contributed by atoms with Crippen molar-refractivity contribution in [1.29, 1.82) is 0 Å². The van der Waals surface area contributed by atoms with E-state index in [1.165, 1.54) is 102 Å². The molecule has 2 saturated carbocycles. The number of hydrogen-bond acceptors (Lipinski definition) is 2. The Morgan fingerprint density at radius 1 is 0.307 bits per heavy atom. The van der Waals surface area contributed by atoms with Crippen LogP contribution in [0.5, 0.6) is 0 Å². The molecule has 0 bridgehead atoms. The predicted molar refractivity (Wildman–Crippen MR) is 317 cm³/mol. The second-order valence-electron chi connectivity index (χ2n) is 27.4. The maximum Gasteiger partial charge on any atom is 0.0713 e. The van der Waals surface area contributed by atoms with Crippen molar-refractivity contribution in [2.45, 2.75) is 136 Å². The molecule has 2 aliphatic heterocycles. The molecule has 2 heteroatoms. The molecule has 378 valence electrons. The zero-order valence-electron chi connectivity index (χ0n) is 46.7. The predicted octanol–water partition coefficient (Wildman–Crippen LogP) is 19.4. The Kier molecular flexibility index (Phi) is 10.1. The molecule has 2 fully saturated rings. The summed E-state index contributed by atoms with van der Waals surface area (Å²) < 4.78 is 0. The molecule has 0 amide bonds. The van der Waals surface area contributed by atoms with Crippen LogP contribution < -0.4 is 9.80 Å². The lowest BCUT2D eigenvalue weighted by atomic mass is 9.45. The highest BCUT2D eigenvalue weighted by atomic mass is 15.3. The average Bonchev–Trinajstić information content (AvgIpc) is 3.88. The second kappa shape index (κ2) is 15.7. The van der Waals surface area contributed by atoms with Gasteiger partial charge in [0, 0.05) is 33.6 Å². The van der Waals surface area contributed by atoms with Crippen LogP contribution in [-0.4, -0.2) is 11.1 Å². The summed E-state index contributed by atoms with van der Waals surface area (Å²) in [4.78, 5) is 5.44. The van der Waals surface area contributed by atoms with Gasteiger partial charge in [-0.3, -0.25) is 0 Å². The van der Waals surface area contributed by atoms with Crippen molar-refractivity contribution < 1.29 is 0 Å². The van der Waals surface area contributed by atoms with E-state index < -0.39 is 5.41 Å². The van der Waals surface area contributed by atoms with E-state index in [0.29, 0.717) is 0 Å². The number of rotatable bonds is 6. The largest absolute Gasteiger partial charge is 0.334 e. The molecule has 4 unspecified atom stereocenters. The Morgan fingerprint density at radius 2 is 0.613 bits per heavy atom. The van der Waals surface area contributed by atoms with E-state index in [9.17, 15) is 0 Å². The first kappa shape index (κ1) is 48.0. The molecule has 8 aromatic rings. The summed E-state index contributed by atoms with van der Waals surface area (Å²) in [5.74, 6) is 0. The minimum Gasteiger partial charge on any atom is -0.334 e. The van der Waals surface area contributed by atoms with Crippen LogP contribution in [0.1, 0.15) is 142 Å². The minimum atomic E-state index is -0.566. The summed E-state index contributed by atoms with van der Waals surface area (Å²) in [5.41, 5.74) is 20.5. The van der Waals surface area contributed by atoms with E-state index in [2.05, 4.69) is 287 Å². The summed E-state index contributed by atoms with van der Waals surface area (Å²) >= 11 is 0. The highest BCUT2D eigenvalue weighted by Crippen LogP contribution is 2.72. The van der Waals surface area contributed by atoms with Crippen molar-refractivity contribution in [3.63, 3.8) is 0 Å². The fourth-order valence-corrected chi connectivity index (χ4v) is 18.5. The molecule has 4 atom stereocenters. The minimum absolute atomic E-state index is 0.0362. The molecule has 0 radical (unpaired) electrons. The zero-order chi connectivity index (χ0) is 52.3. The van der Waals surface area contributed by atoms with Gasteiger partial charge in [0.25, 0.3) is 0 Å². The Morgan fingerprint density at radius 3 is 0.960 bits per heavy atom. The number of fused-ring (bicyclic) bond motifs is 9. The van der Waals surface area contributed by atoms with Gasteiger partial charge in [0.2, 0.25) is 0 Å². The monoisotopic (exact) mass is 981 g/mol. The average molecular weight is 981 g/mol. The van der Waals surface area contributed by atoms with Gasteiger partial charge in [-0.1, -0.05) is 203 Å². The van der Waals surface area contributed by atoms with Gasteiger partial charge in [-0.2, -0.15) is 0 Å². The van der Waals surface area contributed by atoms with E-state index in [0.717, 1.165) is 12.8 Å². The first-order valence-electron chi connectivity index (χ1n) is 28.0. The van der Waals surface area contributed by atoms with Crippen molar-refractivity contribution in [3.05, 3.63) is 228 Å². The normalized spacial score (nSPS) is 26.6. The van der Waals surface area contributed by atoms with Crippen molar-refractivity contribution in [2.75, 3.05) is 9.80 Å². The van der Waals surface area contributed by atoms with E-state index in [-0.39, 0.29) is 43.6 Å². The van der Waals surface area contributed by atoms with E-state index >= 15 is 0 Å². The molecule has 8 aromatic carbocycles. The van der Waals surface area contributed by atoms with Crippen molar-refractivity contribution in [1.82, 2.24) is 0 Å². The third kappa shape index (κ3) is 6.32. The van der Waals surface area contributed by atoms with Crippen LogP contribution in [0.25, 0.3) is 33.4 Å². The lowest BCUT2D eigenvalue weighted by Crippen LogP contribution is -2.65. The molecule has 0 N–H and O–H groups in total. The van der Waals surface area contributed by atoms with Crippen LogP contribution >= 0.6 is 0 Å². The van der Waals surface area contributed by atoms with Crippen LogP contribution in [-0.2, 0) is 16.2 Å². The van der Waals surface area contributed by atoms with Gasteiger partial charge in [0.05, 0.1) is 16.5 Å². The summed E-state index contributed by atoms with van der Waals surface area (Å²) in [7, 11) is 0. The fourth-order valence-electron chi connectivity index (χ4n) is 18.5. The highest BCUT2D eigenvalue weighted by molar-refractivity contribution is 5.92. The quantitative estimate of drug-likeness (QED) is 0.164. The maximum absolute atomic E-state index is 2.72. The molecule has 5 aliphatic rings. The van der Waals surface area contributed by atoms with Crippen LogP contribution in [0.15, 0.2) is 194 Å². The van der Waals surface area contributed by atoms with Gasteiger partial charge < -0.3 is 9.80 Å². The third-order valence-electron chi connectivity index (χ3n) is 21.1. The van der Waals surface area contributed by atoms with Gasteiger partial charge in [0.15, 0.2) is 0 Å². The molecule has 0 aromatic heterocycles. The van der Waals surface area contributed by atoms with Crippen LogP contribution in [0, 0.1) is 21.7 Å². The zero-order valence-corrected chi connectivity index (χ0v) is 46.7. The van der Waals surface area contributed by atoms with Crippen molar-refractivity contribution in [3.8, 4) is 33.4 Å². The third-order valence-corrected chi connectivity index (χ3v) is 21.1. The van der Waals surface area contributed by atoms with Gasteiger partial charge in [-0.25, -0.2) is 0 Å². The number of nitrogens with zero attached hydrogens (tertiary/aromatic N) is 2. The van der Waals surface area contributed by atoms with Crippen molar-refractivity contribution in [2.24, 2.45) is 21.7 Å². The lowest BCUT2D eigenvalue weighted by Gasteiger charge is -2.62. The van der Waals surface area contributed by atoms with Gasteiger partial charge >= 0.3 is 0 Å². The van der Waals surface area contributed by atoms with Crippen LogP contribution in [0.3, 0.4) is 0 Å². The molecular formula is C73H76N2. The molecule has 13 rings (SSSR count). The maximum atomic E-state index is 2.72. The number of benzene rings is 8. The second-order valence-corrected chi connectivity index (χ2v) is 27.4. The van der Waals surface area contributed by atoms with Gasteiger partial charge in [0.1, 0.15) is 0 Å². The summed E-state index contributed by atoms with van der Waals surface area (Å²) in [5, 5.41) is 0. The molecule has 0 spiro atoms. The fraction of sp³-hybridized carbons (Fsp3) is 0.342. The molecule has 0 saturated heterocycles. The van der Waals surface area contributed by atoms with E-state index in [1.54, 1.807) is 0 Å². The molecule has 3 aliphatic carbocycles. The smallest absolute Gasteiger partial charge is 0.0713 e. The topological polar surface area (TPSA) is 6.48 Å². The SMILES string of the molecule is CC1(C)CC(C)(C)C2(C)c3cc(-c4ccc5c(c4)C(c4ccccc4)(c4ccccc4)c4cc(-c6ccc7c(c6)C6(C)C(C)(C)CC(C)(C)CC6(C)N7c6ccccc6)ccc4-5)ccc3N(c3ccccc3)C2(C)C1. The number of hydrogen-bond donors (Lipinski definition) is 0.